The zero-order valence-electron chi connectivity index (χ0n) is 10.0. The lowest BCUT2D eigenvalue weighted by molar-refractivity contribution is 0.278. The van der Waals surface area contributed by atoms with Crippen molar-refractivity contribution in [2.24, 2.45) is 11.8 Å². The van der Waals surface area contributed by atoms with Gasteiger partial charge in [-0.1, -0.05) is 26.2 Å². The van der Waals surface area contributed by atoms with Crippen LogP contribution in [-0.4, -0.2) is 16.5 Å². The number of rotatable bonds is 4. The quantitative estimate of drug-likeness (QED) is 0.845. The fraction of sp³-hybridized carbons (Fsp3) is 0.692. The van der Waals surface area contributed by atoms with Crippen LogP contribution < -0.4 is 5.32 Å². The summed E-state index contributed by atoms with van der Waals surface area (Å²) in [5.41, 5.74) is 0. The van der Waals surface area contributed by atoms with Gasteiger partial charge in [0.25, 0.3) is 0 Å². The Labute approximate surface area is 97.7 Å². The Morgan fingerprint density at radius 3 is 2.56 bits per heavy atom. The number of anilines is 1. The van der Waals surface area contributed by atoms with Gasteiger partial charge in [0.15, 0.2) is 0 Å². The third-order valence-electron chi connectivity index (χ3n) is 3.68. The molecule has 0 aromatic carbocycles. The lowest BCUT2D eigenvalue weighted by atomic mass is 9.81. The number of nitrogens with one attached hydrogen (secondary N) is 1. The molecule has 1 aromatic rings. The van der Waals surface area contributed by atoms with E-state index in [0.29, 0.717) is 0 Å². The minimum Gasteiger partial charge on any atom is -0.369 e. The van der Waals surface area contributed by atoms with Crippen LogP contribution in [0.2, 0.25) is 0 Å². The van der Waals surface area contributed by atoms with Crippen molar-refractivity contribution < 1.29 is 0 Å². The monoisotopic (exact) mass is 219 g/mol. The van der Waals surface area contributed by atoms with Gasteiger partial charge in [0, 0.05) is 18.9 Å². The predicted octanol–water partition coefficient (Wildman–Crippen LogP) is 3.10. The second kappa shape index (κ2) is 5.83. The van der Waals surface area contributed by atoms with Crippen LogP contribution in [0.5, 0.6) is 0 Å². The van der Waals surface area contributed by atoms with Gasteiger partial charge < -0.3 is 5.32 Å². The van der Waals surface area contributed by atoms with Gasteiger partial charge in [0.1, 0.15) is 5.82 Å². The number of nitrogens with zero attached hydrogens (tertiary/aromatic N) is 2. The molecule has 0 saturated heterocycles. The topological polar surface area (TPSA) is 37.8 Å². The minimum atomic E-state index is 0.824. The maximum Gasteiger partial charge on any atom is 0.144 e. The Morgan fingerprint density at radius 1 is 1.19 bits per heavy atom. The average Bonchev–Trinajstić information content (AvgIpc) is 2.38. The molecule has 1 heterocycles. The predicted molar refractivity (Wildman–Crippen MR) is 66.3 cm³/mol. The molecule has 0 atom stereocenters. The first-order chi connectivity index (χ1) is 7.88. The van der Waals surface area contributed by atoms with Crippen molar-refractivity contribution in [3.8, 4) is 0 Å². The third kappa shape index (κ3) is 3.19. The number of hydrogen-bond donors (Lipinski definition) is 1. The van der Waals surface area contributed by atoms with Gasteiger partial charge in [0.2, 0.25) is 0 Å². The average molecular weight is 219 g/mol. The smallest absolute Gasteiger partial charge is 0.144 e. The summed E-state index contributed by atoms with van der Waals surface area (Å²) >= 11 is 0. The summed E-state index contributed by atoms with van der Waals surface area (Å²) in [5, 5.41) is 3.37. The van der Waals surface area contributed by atoms with E-state index >= 15 is 0 Å². The van der Waals surface area contributed by atoms with Crippen LogP contribution in [0.4, 0.5) is 5.82 Å². The highest BCUT2D eigenvalue weighted by atomic mass is 15.0. The molecule has 1 aliphatic carbocycles. The molecule has 0 bridgehead atoms. The van der Waals surface area contributed by atoms with E-state index in [0.717, 1.165) is 24.2 Å². The molecule has 0 unspecified atom stereocenters. The SMILES string of the molecule is CCC1CCC(CNc2cnccn2)CC1. The molecule has 0 aliphatic heterocycles. The van der Waals surface area contributed by atoms with Crippen molar-refractivity contribution in [1.29, 1.82) is 0 Å². The van der Waals surface area contributed by atoms with E-state index in [1.807, 2.05) is 0 Å². The Hall–Kier alpha value is -1.12. The van der Waals surface area contributed by atoms with E-state index in [1.54, 1.807) is 18.6 Å². The largest absolute Gasteiger partial charge is 0.369 e. The molecular weight excluding hydrogens is 198 g/mol. The summed E-state index contributed by atoms with van der Waals surface area (Å²) in [7, 11) is 0. The second-order valence-electron chi connectivity index (χ2n) is 4.77. The van der Waals surface area contributed by atoms with Crippen molar-refractivity contribution in [2.75, 3.05) is 11.9 Å². The number of aromatic nitrogens is 2. The van der Waals surface area contributed by atoms with Gasteiger partial charge >= 0.3 is 0 Å². The molecule has 1 saturated carbocycles. The highest BCUT2D eigenvalue weighted by Crippen LogP contribution is 2.30. The van der Waals surface area contributed by atoms with E-state index in [-0.39, 0.29) is 0 Å². The Balaban J connectivity index is 1.72. The summed E-state index contributed by atoms with van der Waals surface area (Å²) in [6.07, 6.45) is 12.1. The standard InChI is InChI=1S/C13H21N3/c1-2-11-3-5-12(6-4-11)9-16-13-10-14-7-8-15-13/h7-8,10-12H,2-6,9H2,1H3,(H,15,16). The van der Waals surface area contributed by atoms with Gasteiger partial charge in [-0.3, -0.25) is 4.98 Å². The molecule has 88 valence electrons. The van der Waals surface area contributed by atoms with E-state index in [9.17, 15) is 0 Å². The maximum absolute atomic E-state index is 4.22. The first-order valence-corrected chi connectivity index (χ1v) is 6.38. The molecule has 1 aliphatic rings. The van der Waals surface area contributed by atoms with Crippen molar-refractivity contribution in [3.63, 3.8) is 0 Å². The van der Waals surface area contributed by atoms with Crippen LogP contribution in [0.15, 0.2) is 18.6 Å². The molecule has 2 rings (SSSR count). The summed E-state index contributed by atoms with van der Waals surface area (Å²) < 4.78 is 0. The normalized spacial score (nSPS) is 25.3. The van der Waals surface area contributed by atoms with E-state index in [4.69, 9.17) is 0 Å². The van der Waals surface area contributed by atoms with Gasteiger partial charge in [-0.25, -0.2) is 4.98 Å². The summed E-state index contributed by atoms with van der Waals surface area (Å²) in [6, 6.07) is 0. The van der Waals surface area contributed by atoms with E-state index < -0.39 is 0 Å². The van der Waals surface area contributed by atoms with Gasteiger partial charge in [-0.15, -0.1) is 0 Å². The van der Waals surface area contributed by atoms with Crippen molar-refractivity contribution in [1.82, 2.24) is 9.97 Å². The third-order valence-corrected chi connectivity index (χ3v) is 3.68. The molecule has 0 amide bonds. The number of hydrogen-bond acceptors (Lipinski definition) is 3. The first kappa shape index (κ1) is 11.4. The van der Waals surface area contributed by atoms with Crippen LogP contribution in [0.25, 0.3) is 0 Å². The summed E-state index contributed by atoms with van der Waals surface area (Å²) in [6.45, 7) is 3.36. The van der Waals surface area contributed by atoms with Crippen LogP contribution >= 0.6 is 0 Å². The van der Waals surface area contributed by atoms with Crippen LogP contribution in [0.1, 0.15) is 39.0 Å². The first-order valence-electron chi connectivity index (χ1n) is 6.38. The maximum atomic E-state index is 4.22. The molecular formula is C13H21N3. The zero-order valence-corrected chi connectivity index (χ0v) is 10.0. The van der Waals surface area contributed by atoms with Crippen LogP contribution in [-0.2, 0) is 0 Å². The molecule has 1 N–H and O–H groups in total. The van der Waals surface area contributed by atoms with Gasteiger partial charge in [0.05, 0.1) is 6.20 Å². The minimum absolute atomic E-state index is 0.824. The Morgan fingerprint density at radius 2 is 1.94 bits per heavy atom. The molecule has 1 fully saturated rings. The molecule has 0 spiro atoms. The van der Waals surface area contributed by atoms with Crippen molar-refractivity contribution in [3.05, 3.63) is 18.6 Å². The fourth-order valence-electron chi connectivity index (χ4n) is 2.48. The van der Waals surface area contributed by atoms with Crippen LogP contribution in [0.3, 0.4) is 0 Å². The summed E-state index contributed by atoms with van der Waals surface area (Å²) in [5.74, 6) is 2.71. The lowest BCUT2D eigenvalue weighted by Gasteiger charge is -2.27. The van der Waals surface area contributed by atoms with Crippen molar-refractivity contribution in [2.45, 2.75) is 39.0 Å². The van der Waals surface area contributed by atoms with Gasteiger partial charge in [-0.05, 0) is 24.7 Å². The Bertz CT molecular complexity index is 291. The second-order valence-corrected chi connectivity index (χ2v) is 4.77. The highest BCUT2D eigenvalue weighted by Gasteiger charge is 2.19. The van der Waals surface area contributed by atoms with Gasteiger partial charge in [-0.2, -0.15) is 0 Å². The van der Waals surface area contributed by atoms with E-state index in [2.05, 4.69) is 22.2 Å². The fourth-order valence-corrected chi connectivity index (χ4v) is 2.48. The summed E-state index contributed by atoms with van der Waals surface area (Å²) in [4.78, 5) is 8.27. The Kier molecular flexibility index (Phi) is 4.14. The van der Waals surface area contributed by atoms with Crippen LogP contribution in [0, 0.1) is 11.8 Å². The molecule has 0 radical (unpaired) electrons. The van der Waals surface area contributed by atoms with E-state index in [1.165, 1.54) is 32.1 Å². The highest BCUT2D eigenvalue weighted by molar-refractivity contribution is 5.29. The lowest BCUT2D eigenvalue weighted by Crippen LogP contribution is -2.21. The molecule has 3 nitrogen and oxygen atoms in total. The molecule has 3 heteroatoms. The molecule has 1 aromatic heterocycles. The zero-order chi connectivity index (χ0) is 11.2. The van der Waals surface area contributed by atoms with Crippen molar-refractivity contribution >= 4 is 5.82 Å². The molecule has 16 heavy (non-hydrogen) atoms.